The summed E-state index contributed by atoms with van der Waals surface area (Å²) in [5.74, 6) is 0. The molecule has 8 rings (SSSR count). The van der Waals surface area contributed by atoms with Crippen LogP contribution < -0.4 is 36.8 Å². The normalized spacial score (nSPS) is 10.5. The molecule has 0 aliphatic carbocycles. The Hall–Kier alpha value is -4.65. The third kappa shape index (κ3) is 12.2. The third-order valence-electron chi connectivity index (χ3n) is 7.84. The van der Waals surface area contributed by atoms with Gasteiger partial charge in [0.05, 0.1) is 5.69 Å². The molecule has 8 aromatic rings. The Kier molecular flexibility index (Phi) is 16.3. The molecular weight excluding hydrogens is 798 g/mol. The first-order chi connectivity index (χ1) is 25.7. The van der Waals surface area contributed by atoms with Crippen molar-refractivity contribution in [3.8, 4) is 0 Å². The minimum atomic E-state index is -0.446. The molecule has 0 saturated carbocycles. The van der Waals surface area contributed by atoms with Gasteiger partial charge in [-0.2, -0.15) is 6.20 Å². The summed E-state index contributed by atoms with van der Waals surface area (Å²) in [5.41, 5.74) is 1.81. The van der Waals surface area contributed by atoms with Crippen LogP contribution >= 0.6 is 31.8 Å². The van der Waals surface area contributed by atoms with Crippen LogP contribution in [0.3, 0.4) is 0 Å². The Bertz CT molecular complexity index is 1860. The number of rotatable bonds is 8. The molecule has 6 heteroatoms. The van der Waals surface area contributed by atoms with Crippen molar-refractivity contribution < 1.29 is 17.1 Å². The van der Waals surface area contributed by atoms with E-state index in [1.54, 1.807) is 12.4 Å². The second kappa shape index (κ2) is 21.8. The Labute approximate surface area is 335 Å². The summed E-state index contributed by atoms with van der Waals surface area (Å²) >= 11 is 3.37. The SMILES string of the molecule is Brc1ccc(N=Cc2ccc[n-]2)cc1.[Cu+].c1ccc(P(c2ccccc2)c2ccccc2)cc1.c1ccc(P(c2ccccc2)c2ccccc2)cc1. The summed E-state index contributed by atoms with van der Waals surface area (Å²) in [6, 6.07) is 76.3. The van der Waals surface area contributed by atoms with Gasteiger partial charge in [-0.25, -0.2) is 0 Å². The number of nitrogens with zero attached hydrogens (tertiary/aromatic N) is 2. The van der Waals surface area contributed by atoms with E-state index in [1.807, 2.05) is 36.4 Å². The Morgan fingerprint density at radius 3 is 0.943 bits per heavy atom. The van der Waals surface area contributed by atoms with Gasteiger partial charge in [0.25, 0.3) is 0 Å². The van der Waals surface area contributed by atoms with Gasteiger partial charge < -0.3 is 4.98 Å². The average molecular weight is 836 g/mol. The zero-order valence-corrected chi connectivity index (χ0v) is 33.2. The molecule has 53 heavy (non-hydrogen) atoms. The molecule has 0 unspecified atom stereocenters. The molecular formula is C47H38BrCuN2P2. The van der Waals surface area contributed by atoms with Gasteiger partial charge in [0.15, 0.2) is 0 Å². The molecule has 0 saturated heterocycles. The molecule has 1 heterocycles. The molecule has 0 radical (unpaired) electrons. The standard InChI is InChI=1S/2C18H15P.C11H8BrN2.Cu/c2*1-4-10-16(11-5-1)19(17-12-6-2-7-13-17)18-14-8-3-9-15-18;12-9-3-5-10(6-4-9)14-8-11-2-1-7-13-11;/h2*1-15H;1-8H;/q;;-1;+1. The average Bonchev–Trinajstić information content (AvgIpc) is 3.75. The first kappa shape index (κ1) is 39.6. The Morgan fingerprint density at radius 2 is 0.679 bits per heavy atom. The number of aliphatic imine (C=N–C) groups is 1. The summed E-state index contributed by atoms with van der Waals surface area (Å²) in [6.45, 7) is 0. The van der Waals surface area contributed by atoms with Crippen molar-refractivity contribution in [2.75, 3.05) is 0 Å². The Balaban J connectivity index is 0.000000154. The smallest absolute Gasteiger partial charge is 0.663 e. The predicted octanol–water partition coefficient (Wildman–Crippen LogP) is 10.0. The van der Waals surface area contributed by atoms with Gasteiger partial charge in [0.2, 0.25) is 0 Å². The molecule has 7 aromatic carbocycles. The van der Waals surface area contributed by atoms with Gasteiger partial charge in [-0.05, 0) is 71.9 Å². The van der Waals surface area contributed by atoms with E-state index >= 15 is 0 Å². The van der Waals surface area contributed by atoms with Crippen molar-refractivity contribution in [1.29, 1.82) is 0 Å². The monoisotopic (exact) mass is 834 g/mol. The van der Waals surface area contributed by atoms with Crippen LogP contribution in [0, 0.1) is 0 Å². The third-order valence-corrected chi connectivity index (χ3v) is 13.3. The van der Waals surface area contributed by atoms with E-state index in [9.17, 15) is 0 Å². The summed E-state index contributed by atoms with van der Waals surface area (Å²) in [6.07, 6.45) is 3.51. The van der Waals surface area contributed by atoms with Crippen LogP contribution in [0.1, 0.15) is 5.69 Å². The molecule has 264 valence electrons. The molecule has 0 N–H and O–H groups in total. The quantitative estimate of drug-likeness (QED) is 0.0851. The second-order valence-electron chi connectivity index (χ2n) is 11.5. The van der Waals surface area contributed by atoms with Gasteiger partial charge in [-0.1, -0.05) is 210 Å². The van der Waals surface area contributed by atoms with Crippen LogP contribution in [-0.2, 0) is 17.1 Å². The zero-order valence-electron chi connectivity index (χ0n) is 28.9. The van der Waals surface area contributed by atoms with Gasteiger partial charge in [0.1, 0.15) is 0 Å². The number of benzene rings is 7. The zero-order chi connectivity index (χ0) is 35.6. The first-order valence-corrected chi connectivity index (χ1v) is 20.5. The fourth-order valence-electron chi connectivity index (χ4n) is 5.41. The van der Waals surface area contributed by atoms with E-state index in [4.69, 9.17) is 0 Å². The summed E-state index contributed by atoms with van der Waals surface area (Å²) < 4.78 is 1.06. The molecule has 0 aliphatic rings. The van der Waals surface area contributed by atoms with E-state index in [-0.39, 0.29) is 17.1 Å². The van der Waals surface area contributed by atoms with E-state index in [2.05, 4.69) is 208 Å². The van der Waals surface area contributed by atoms with Crippen LogP contribution in [-0.4, -0.2) is 6.21 Å². The summed E-state index contributed by atoms with van der Waals surface area (Å²) in [4.78, 5) is 8.37. The number of halogens is 1. The second-order valence-corrected chi connectivity index (χ2v) is 16.8. The van der Waals surface area contributed by atoms with Crippen LogP contribution in [0.25, 0.3) is 0 Å². The van der Waals surface area contributed by atoms with Crippen LogP contribution in [0.2, 0.25) is 0 Å². The number of hydrogen-bond donors (Lipinski definition) is 0. The van der Waals surface area contributed by atoms with E-state index in [1.165, 1.54) is 31.8 Å². The molecule has 0 spiro atoms. The van der Waals surface area contributed by atoms with E-state index in [0.29, 0.717) is 0 Å². The fraction of sp³-hybridized carbons (Fsp3) is 0. The van der Waals surface area contributed by atoms with Crippen molar-refractivity contribution in [1.82, 2.24) is 4.98 Å². The number of aromatic nitrogens is 1. The van der Waals surface area contributed by atoms with Crippen LogP contribution in [0.4, 0.5) is 5.69 Å². The molecule has 2 nitrogen and oxygen atoms in total. The summed E-state index contributed by atoms with van der Waals surface area (Å²) in [5, 5.41) is 8.39. The van der Waals surface area contributed by atoms with Crippen molar-refractivity contribution in [3.63, 3.8) is 0 Å². The summed E-state index contributed by atoms with van der Waals surface area (Å²) in [7, 11) is -0.892. The van der Waals surface area contributed by atoms with Crippen LogP contribution in [0.15, 0.2) is 234 Å². The fourth-order valence-corrected chi connectivity index (χ4v) is 10.3. The minimum Gasteiger partial charge on any atom is -0.663 e. The number of hydrogen-bond acceptors (Lipinski definition) is 1. The molecule has 1 aromatic heterocycles. The topological polar surface area (TPSA) is 26.5 Å². The van der Waals surface area contributed by atoms with Gasteiger partial charge in [-0.3, -0.25) is 4.99 Å². The molecule has 0 bridgehead atoms. The van der Waals surface area contributed by atoms with Crippen molar-refractivity contribution in [2.45, 2.75) is 0 Å². The Morgan fingerprint density at radius 1 is 0.377 bits per heavy atom. The minimum absolute atomic E-state index is 0. The maximum Gasteiger partial charge on any atom is 1.00 e. The van der Waals surface area contributed by atoms with Gasteiger partial charge in [0, 0.05) is 10.7 Å². The molecule has 0 aliphatic heterocycles. The van der Waals surface area contributed by atoms with E-state index < -0.39 is 15.8 Å². The molecule has 0 fully saturated rings. The van der Waals surface area contributed by atoms with Crippen molar-refractivity contribution in [2.24, 2.45) is 4.99 Å². The predicted molar refractivity (Wildman–Crippen MR) is 231 cm³/mol. The van der Waals surface area contributed by atoms with Gasteiger partial charge in [-0.15, -0.1) is 5.69 Å². The van der Waals surface area contributed by atoms with Crippen LogP contribution in [0.5, 0.6) is 0 Å². The van der Waals surface area contributed by atoms with E-state index in [0.717, 1.165) is 15.9 Å². The molecule has 0 atom stereocenters. The molecule has 0 amide bonds. The van der Waals surface area contributed by atoms with Crippen molar-refractivity contribution in [3.05, 3.63) is 235 Å². The maximum absolute atomic E-state index is 4.28. The first-order valence-electron chi connectivity index (χ1n) is 17.0. The van der Waals surface area contributed by atoms with Crippen molar-refractivity contribution >= 4 is 75.5 Å². The largest absolute Gasteiger partial charge is 1.00 e. The maximum atomic E-state index is 4.28. The van der Waals surface area contributed by atoms with Gasteiger partial charge >= 0.3 is 17.1 Å².